The van der Waals surface area contributed by atoms with E-state index in [9.17, 15) is 4.79 Å². The first-order valence-electron chi connectivity index (χ1n) is 6.01. The summed E-state index contributed by atoms with van der Waals surface area (Å²) in [4.78, 5) is 11.6. The fourth-order valence-electron chi connectivity index (χ4n) is 1.49. The highest BCUT2D eigenvalue weighted by atomic mass is 16.5. The monoisotopic (exact) mass is 252 g/mol. The van der Waals surface area contributed by atoms with Gasteiger partial charge in [0.1, 0.15) is 11.4 Å². The molecule has 0 radical (unpaired) electrons. The van der Waals surface area contributed by atoms with Crippen LogP contribution in [-0.4, -0.2) is 31.4 Å². The van der Waals surface area contributed by atoms with Crippen molar-refractivity contribution in [3.05, 3.63) is 11.3 Å². The van der Waals surface area contributed by atoms with Crippen LogP contribution in [0.2, 0.25) is 0 Å². The Bertz CT molecular complexity index is 409. The van der Waals surface area contributed by atoms with Crippen molar-refractivity contribution in [2.24, 2.45) is 0 Å². The van der Waals surface area contributed by atoms with Gasteiger partial charge in [-0.25, -0.2) is 4.79 Å². The smallest absolute Gasteiger partial charge is 0.337 e. The first-order chi connectivity index (χ1) is 8.39. The summed E-state index contributed by atoms with van der Waals surface area (Å²) in [6.07, 6.45) is 0.177. The number of rotatable bonds is 3. The molecule has 1 aliphatic heterocycles. The van der Waals surface area contributed by atoms with Crippen molar-refractivity contribution < 1.29 is 19.0 Å². The van der Waals surface area contributed by atoms with E-state index < -0.39 is 5.60 Å². The molecule has 1 atom stereocenters. The Morgan fingerprint density at radius 3 is 2.78 bits per heavy atom. The molecule has 1 rings (SSSR count). The summed E-state index contributed by atoms with van der Waals surface area (Å²) >= 11 is 0. The Kier molecular flexibility index (Phi) is 4.80. The fourth-order valence-corrected chi connectivity index (χ4v) is 1.49. The third-order valence-electron chi connectivity index (χ3n) is 2.70. The maximum absolute atomic E-state index is 11.6. The summed E-state index contributed by atoms with van der Waals surface area (Å²) in [6.45, 7) is 7.66. The van der Waals surface area contributed by atoms with Crippen LogP contribution >= 0.6 is 0 Å². The van der Waals surface area contributed by atoms with E-state index >= 15 is 0 Å². The van der Waals surface area contributed by atoms with Crippen LogP contribution < -0.4 is 0 Å². The van der Waals surface area contributed by atoms with E-state index in [-0.39, 0.29) is 12.1 Å². The number of carbonyl (C=O) groups excluding carboxylic acids is 1. The number of methoxy groups -OCH3 is 1. The van der Waals surface area contributed by atoms with E-state index in [1.807, 2.05) is 13.8 Å². The van der Waals surface area contributed by atoms with Crippen molar-refractivity contribution in [3.8, 4) is 11.8 Å². The van der Waals surface area contributed by atoms with E-state index in [0.29, 0.717) is 24.4 Å². The van der Waals surface area contributed by atoms with Gasteiger partial charge in [-0.15, -0.1) is 0 Å². The first kappa shape index (κ1) is 14.6. The van der Waals surface area contributed by atoms with Gasteiger partial charge in [0.05, 0.1) is 12.2 Å². The van der Waals surface area contributed by atoms with E-state index in [4.69, 9.17) is 14.2 Å². The topological polar surface area (TPSA) is 44.8 Å². The Morgan fingerprint density at radius 2 is 2.22 bits per heavy atom. The molecule has 0 aliphatic carbocycles. The molecule has 0 bridgehead atoms. The first-order valence-corrected chi connectivity index (χ1v) is 6.01. The van der Waals surface area contributed by atoms with Gasteiger partial charge in [-0.1, -0.05) is 11.8 Å². The average molecular weight is 252 g/mol. The van der Waals surface area contributed by atoms with E-state index in [1.54, 1.807) is 21.0 Å². The number of esters is 1. The molecule has 0 aromatic rings. The van der Waals surface area contributed by atoms with E-state index in [2.05, 4.69) is 11.8 Å². The van der Waals surface area contributed by atoms with Crippen molar-refractivity contribution in [2.45, 2.75) is 45.8 Å². The zero-order valence-corrected chi connectivity index (χ0v) is 11.6. The molecule has 1 unspecified atom stereocenters. The van der Waals surface area contributed by atoms with Crippen LogP contribution in [0.5, 0.6) is 0 Å². The van der Waals surface area contributed by atoms with Gasteiger partial charge in [-0.05, 0) is 27.7 Å². The quantitative estimate of drug-likeness (QED) is 0.569. The molecule has 0 saturated heterocycles. The molecule has 0 amide bonds. The van der Waals surface area contributed by atoms with Gasteiger partial charge in [0.2, 0.25) is 0 Å². The van der Waals surface area contributed by atoms with Crippen LogP contribution in [0.1, 0.15) is 34.1 Å². The molecule has 0 N–H and O–H groups in total. The highest BCUT2D eigenvalue weighted by Gasteiger charge is 2.27. The molecule has 0 aromatic carbocycles. The van der Waals surface area contributed by atoms with Crippen LogP contribution in [0.4, 0.5) is 0 Å². The van der Waals surface area contributed by atoms with Gasteiger partial charge in [0.15, 0.2) is 6.10 Å². The van der Waals surface area contributed by atoms with Gasteiger partial charge >= 0.3 is 5.97 Å². The van der Waals surface area contributed by atoms with Crippen LogP contribution in [-0.2, 0) is 19.0 Å². The molecule has 1 aliphatic rings. The van der Waals surface area contributed by atoms with Gasteiger partial charge in [0.25, 0.3) is 0 Å². The molecule has 4 heteroatoms. The van der Waals surface area contributed by atoms with Crippen molar-refractivity contribution in [1.29, 1.82) is 0 Å². The molecule has 1 heterocycles. The Morgan fingerprint density at radius 1 is 1.56 bits per heavy atom. The summed E-state index contributed by atoms with van der Waals surface area (Å²) in [6, 6.07) is 0. The van der Waals surface area contributed by atoms with Crippen molar-refractivity contribution in [3.63, 3.8) is 0 Å². The lowest BCUT2D eigenvalue weighted by molar-refractivity contribution is -0.138. The van der Waals surface area contributed by atoms with Crippen LogP contribution in [0, 0.1) is 11.8 Å². The van der Waals surface area contributed by atoms with E-state index in [0.717, 1.165) is 0 Å². The Balaban J connectivity index is 2.66. The number of carbonyl (C=O) groups is 1. The van der Waals surface area contributed by atoms with Gasteiger partial charge in [-0.3, -0.25) is 0 Å². The Hall–Kier alpha value is -1.47. The molecule has 0 fully saturated rings. The van der Waals surface area contributed by atoms with Crippen molar-refractivity contribution >= 4 is 5.97 Å². The molecule has 18 heavy (non-hydrogen) atoms. The predicted octanol–water partition coefficient (Wildman–Crippen LogP) is 2.04. The molecule has 4 nitrogen and oxygen atoms in total. The maximum Gasteiger partial charge on any atom is 0.337 e. The second kappa shape index (κ2) is 5.92. The summed E-state index contributed by atoms with van der Waals surface area (Å²) in [5.41, 5.74) is 0.0654. The summed E-state index contributed by atoms with van der Waals surface area (Å²) in [5.74, 6) is 6.26. The lowest BCUT2D eigenvalue weighted by atomic mass is 10.1. The third kappa shape index (κ3) is 3.78. The highest BCUT2D eigenvalue weighted by Crippen LogP contribution is 2.25. The zero-order chi connectivity index (χ0) is 13.8. The molecular formula is C14H20O4. The summed E-state index contributed by atoms with van der Waals surface area (Å²) < 4.78 is 15.7. The third-order valence-corrected chi connectivity index (χ3v) is 2.70. The Labute approximate surface area is 108 Å². The lowest BCUT2D eigenvalue weighted by Crippen LogP contribution is -2.20. The fraction of sp³-hybridized carbons (Fsp3) is 0.643. The summed E-state index contributed by atoms with van der Waals surface area (Å²) in [5, 5.41) is 0. The van der Waals surface area contributed by atoms with E-state index in [1.165, 1.54) is 0 Å². The molecule has 0 saturated carbocycles. The number of hydrogen-bond donors (Lipinski definition) is 0. The molecule has 100 valence electrons. The number of ether oxygens (including phenoxy) is 3. The SMILES string of the molecule is CCOC(=O)C1=C(C)OC(C#CC(C)(C)OC)C1. The van der Waals surface area contributed by atoms with Crippen LogP contribution in [0.3, 0.4) is 0 Å². The number of allylic oxidation sites excluding steroid dienone is 1. The summed E-state index contributed by atoms with van der Waals surface area (Å²) in [7, 11) is 1.61. The average Bonchev–Trinajstić information content (AvgIpc) is 2.69. The zero-order valence-electron chi connectivity index (χ0n) is 11.6. The molecule has 0 aromatic heterocycles. The minimum atomic E-state index is -0.510. The standard InChI is InChI=1S/C14H20O4/c1-6-17-13(15)12-9-11(18-10(12)2)7-8-14(3,4)16-5/h11H,6,9H2,1-5H3. The van der Waals surface area contributed by atoms with Crippen LogP contribution in [0.25, 0.3) is 0 Å². The maximum atomic E-state index is 11.6. The second-order valence-electron chi connectivity index (χ2n) is 4.55. The van der Waals surface area contributed by atoms with Crippen molar-refractivity contribution in [1.82, 2.24) is 0 Å². The van der Waals surface area contributed by atoms with Gasteiger partial charge < -0.3 is 14.2 Å². The van der Waals surface area contributed by atoms with Gasteiger partial charge in [0, 0.05) is 13.5 Å². The molecular weight excluding hydrogens is 232 g/mol. The van der Waals surface area contributed by atoms with Crippen molar-refractivity contribution in [2.75, 3.05) is 13.7 Å². The highest BCUT2D eigenvalue weighted by molar-refractivity contribution is 5.89. The molecule has 0 spiro atoms. The van der Waals surface area contributed by atoms with Gasteiger partial charge in [-0.2, -0.15) is 0 Å². The van der Waals surface area contributed by atoms with Crippen LogP contribution in [0.15, 0.2) is 11.3 Å². The lowest BCUT2D eigenvalue weighted by Gasteiger charge is -2.15. The minimum absolute atomic E-state index is 0.293. The number of hydrogen-bond acceptors (Lipinski definition) is 4. The normalized spacial score (nSPS) is 19.1. The largest absolute Gasteiger partial charge is 0.481 e. The minimum Gasteiger partial charge on any atom is -0.481 e. The predicted molar refractivity (Wildman–Crippen MR) is 67.7 cm³/mol. The second-order valence-corrected chi connectivity index (χ2v) is 4.55.